The van der Waals surface area contributed by atoms with Gasteiger partial charge >= 0.3 is 0 Å². The van der Waals surface area contributed by atoms with Crippen molar-refractivity contribution in [2.24, 2.45) is 0 Å². The van der Waals surface area contributed by atoms with E-state index in [-0.39, 0.29) is 22.2 Å². The van der Waals surface area contributed by atoms with Gasteiger partial charge in [0.2, 0.25) is 11.8 Å². The first-order valence-electron chi connectivity index (χ1n) is 6.04. The van der Waals surface area contributed by atoms with Crippen molar-refractivity contribution >= 4 is 40.9 Å². The average molecular weight is 315 g/mol. The van der Waals surface area contributed by atoms with Gasteiger partial charge in [0.1, 0.15) is 12.6 Å². The highest BCUT2D eigenvalue weighted by Crippen LogP contribution is 2.27. The van der Waals surface area contributed by atoms with E-state index in [1.54, 1.807) is 19.1 Å². The van der Waals surface area contributed by atoms with Gasteiger partial charge in [0.05, 0.1) is 15.6 Å². The molecule has 1 aromatic carbocycles. The van der Waals surface area contributed by atoms with Crippen LogP contribution >= 0.6 is 23.2 Å². The number of carbonyl (C=O) groups excluding carboxylic acids is 3. The zero-order valence-corrected chi connectivity index (χ0v) is 12.2. The third-order valence-corrected chi connectivity index (χ3v) is 3.90. The van der Waals surface area contributed by atoms with Crippen molar-refractivity contribution in [1.29, 1.82) is 0 Å². The molecular formula is C13H12Cl2N2O3. The summed E-state index contributed by atoms with van der Waals surface area (Å²) in [5.41, 5.74) is 0.181. The molecule has 1 unspecified atom stereocenters. The molecule has 0 aliphatic carbocycles. The molecule has 1 atom stereocenters. The Morgan fingerprint density at radius 1 is 1.40 bits per heavy atom. The van der Waals surface area contributed by atoms with E-state index in [0.29, 0.717) is 6.42 Å². The van der Waals surface area contributed by atoms with Crippen LogP contribution in [0.1, 0.15) is 23.7 Å². The van der Waals surface area contributed by atoms with E-state index < -0.39 is 23.8 Å². The molecule has 1 aliphatic heterocycles. The molecule has 1 N–H and O–H groups in total. The van der Waals surface area contributed by atoms with Crippen LogP contribution in [-0.4, -0.2) is 35.2 Å². The second kappa shape index (κ2) is 5.81. The molecule has 7 heteroatoms. The van der Waals surface area contributed by atoms with Crippen LogP contribution in [0.3, 0.4) is 0 Å². The maximum absolute atomic E-state index is 12.5. The maximum Gasteiger partial charge on any atom is 0.256 e. The number of nitrogens with zero attached hydrogens (tertiary/aromatic N) is 1. The van der Waals surface area contributed by atoms with Gasteiger partial charge in [-0.1, -0.05) is 36.2 Å². The Labute approximate surface area is 125 Å². The summed E-state index contributed by atoms with van der Waals surface area (Å²) < 4.78 is 0. The minimum atomic E-state index is -0.685. The van der Waals surface area contributed by atoms with E-state index in [9.17, 15) is 14.4 Å². The summed E-state index contributed by atoms with van der Waals surface area (Å²) in [7, 11) is 0. The third-order valence-electron chi connectivity index (χ3n) is 3.09. The Kier molecular flexibility index (Phi) is 4.30. The van der Waals surface area contributed by atoms with E-state index in [4.69, 9.17) is 23.2 Å². The minimum Gasteiger partial charge on any atom is -0.317 e. The predicted molar refractivity (Wildman–Crippen MR) is 74.7 cm³/mol. The van der Waals surface area contributed by atoms with Gasteiger partial charge < -0.3 is 4.90 Å². The van der Waals surface area contributed by atoms with Crippen LogP contribution in [0.25, 0.3) is 0 Å². The van der Waals surface area contributed by atoms with Gasteiger partial charge in [-0.05, 0) is 18.6 Å². The van der Waals surface area contributed by atoms with Crippen LogP contribution in [0.4, 0.5) is 0 Å². The van der Waals surface area contributed by atoms with Crippen LogP contribution in [0.15, 0.2) is 18.2 Å². The van der Waals surface area contributed by atoms with Crippen molar-refractivity contribution < 1.29 is 14.4 Å². The summed E-state index contributed by atoms with van der Waals surface area (Å²) in [6, 6.07) is 3.98. The molecule has 20 heavy (non-hydrogen) atoms. The van der Waals surface area contributed by atoms with E-state index in [1.807, 2.05) is 0 Å². The lowest BCUT2D eigenvalue weighted by Gasteiger charge is -2.33. The molecule has 2 rings (SSSR count). The molecule has 1 saturated heterocycles. The van der Waals surface area contributed by atoms with Gasteiger partial charge in [0.25, 0.3) is 5.91 Å². The summed E-state index contributed by atoms with van der Waals surface area (Å²) in [4.78, 5) is 36.9. The summed E-state index contributed by atoms with van der Waals surface area (Å²) in [5, 5.41) is 2.58. The number of halogens is 2. The van der Waals surface area contributed by atoms with Gasteiger partial charge in [-0.25, -0.2) is 0 Å². The SMILES string of the molecule is CCC1C(=O)NC(=O)CN1C(=O)c1cccc(Cl)c1Cl. The van der Waals surface area contributed by atoms with Gasteiger partial charge in [-0.2, -0.15) is 0 Å². The van der Waals surface area contributed by atoms with E-state index in [2.05, 4.69) is 5.32 Å². The topological polar surface area (TPSA) is 66.5 Å². The molecular weight excluding hydrogens is 303 g/mol. The second-order valence-electron chi connectivity index (χ2n) is 4.37. The number of amides is 3. The molecule has 1 aliphatic rings. The van der Waals surface area contributed by atoms with Gasteiger partial charge in [-0.15, -0.1) is 0 Å². The first kappa shape index (κ1) is 14.8. The van der Waals surface area contributed by atoms with Crippen LogP contribution in [0, 0.1) is 0 Å². The van der Waals surface area contributed by atoms with Crippen LogP contribution in [0.5, 0.6) is 0 Å². The predicted octanol–water partition coefficient (Wildman–Crippen LogP) is 1.87. The monoisotopic (exact) mass is 314 g/mol. The highest BCUT2D eigenvalue weighted by Gasteiger charge is 2.36. The fourth-order valence-electron chi connectivity index (χ4n) is 2.11. The number of hydrogen-bond donors (Lipinski definition) is 1. The van der Waals surface area contributed by atoms with E-state index in [0.717, 1.165) is 0 Å². The second-order valence-corrected chi connectivity index (χ2v) is 5.16. The summed E-state index contributed by atoms with van der Waals surface area (Å²) >= 11 is 11.9. The van der Waals surface area contributed by atoms with Crippen molar-refractivity contribution in [2.75, 3.05) is 6.54 Å². The third kappa shape index (κ3) is 2.64. The number of imide groups is 1. The molecule has 1 heterocycles. The fourth-order valence-corrected chi connectivity index (χ4v) is 2.49. The normalized spacial score (nSPS) is 18.9. The molecule has 1 fully saturated rings. The number of piperazine rings is 1. The highest BCUT2D eigenvalue weighted by molar-refractivity contribution is 6.43. The van der Waals surface area contributed by atoms with Crippen molar-refractivity contribution in [1.82, 2.24) is 10.2 Å². The number of rotatable bonds is 2. The lowest BCUT2D eigenvalue weighted by Crippen LogP contribution is -2.59. The Morgan fingerprint density at radius 2 is 2.10 bits per heavy atom. The summed E-state index contributed by atoms with van der Waals surface area (Å²) in [5.74, 6) is -1.46. The van der Waals surface area contributed by atoms with Crippen molar-refractivity contribution in [2.45, 2.75) is 19.4 Å². The van der Waals surface area contributed by atoms with Crippen LogP contribution in [-0.2, 0) is 9.59 Å². The Bertz CT molecular complexity index is 589. The van der Waals surface area contributed by atoms with Crippen molar-refractivity contribution in [3.05, 3.63) is 33.8 Å². The fraction of sp³-hybridized carbons (Fsp3) is 0.308. The van der Waals surface area contributed by atoms with E-state index in [1.165, 1.54) is 11.0 Å². The zero-order valence-electron chi connectivity index (χ0n) is 10.7. The quantitative estimate of drug-likeness (QED) is 0.847. The summed E-state index contributed by atoms with van der Waals surface area (Å²) in [6.07, 6.45) is 0.406. The molecule has 0 aromatic heterocycles. The van der Waals surface area contributed by atoms with Crippen molar-refractivity contribution in [3.8, 4) is 0 Å². The maximum atomic E-state index is 12.5. The Hall–Kier alpha value is -1.59. The number of nitrogens with one attached hydrogen (secondary N) is 1. The van der Waals surface area contributed by atoms with E-state index >= 15 is 0 Å². The number of benzene rings is 1. The average Bonchev–Trinajstić information content (AvgIpc) is 2.40. The molecule has 5 nitrogen and oxygen atoms in total. The van der Waals surface area contributed by atoms with Crippen LogP contribution in [0.2, 0.25) is 10.0 Å². The lowest BCUT2D eigenvalue weighted by molar-refractivity contribution is -0.138. The Balaban J connectivity index is 2.37. The smallest absolute Gasteiger partial charge is 0.256 e. The van der Waals surface area contributed by atoms with Crippen molar-refractivity contribution in [3.63, 3.8) is 0 Å². The highest BCUT2D eigenvalue weighted by atomic mass is 35.5. The largest absolute Gasteiger partial charge is 0.317 e. The molecule has 0 bridgehead atoms. The number of hydrogen-bond acceptors (Lipinski definition) is 3. The standard InChI is InChI=1S/C13H12Cl2N2O3/c1-2-9-12(19)16-10(18)6-17(9)13(20)7-4-3-5-8(14)11(7)15/h3-5,9H,2,6H2,1H3,(H,16,18,19). The molecule has 1 aromatic rings. The summed E-state index contributed by atoms with van der Waals surface area (Å²) in [6.45, 7) is 1.59. The molecule has 0 spiro atoms. The first-order valence-corrected chi connectivity index (χ1v) is 6.80. The number of carbonyl (C=O) groups is 3. The molecule has 0 radical (unpaired) electrons. The van der Waals surface area contributed by atoms with Gasteiger partial charge in [0.15, 0.2) is 0 Å². The molecule has 3 amide bonds. The lowest BCUT2D eigenvalue weighted by atomic mass is 10.1. The molecule has 0 saturated carbocycles. The van der Waals surface area contributed by atoms with Gasteiger partial charge in [0, 0.05) is 0 Å². The molecule has 106 valence electrons. The first-order chi connectivity index (χ1) is 9.45. The Morgan fingerprint density at radius 3 is 2.75 bits per heavy atom. The van der Waals surface area contributed by atoms with Crippen LogP contribution < -0.4 is 5.32 Å². The zero-order chi connectivity index (χ0) is 14.9. The van der Waals surface area contributed by atoms with Gasteiger partial charge in [-0.3, -0.25) is 19.7 Å². The minimum absolute atomic E-state index is 0.118.